The van der Waals surface area contributed by atoms with E-state index in [-0.39, 0.29) is 5.78 Å². The minimum Gasteiger partial charge on any atom is -0.294 e. The van der Waals surface area contributed by atoms with Crippen molar-refractivity contribution in [3.05, 3.63) is 58.7 Å². The van der Waals surface area contributed by atoms with Gasteiger partial charge in [0.1, 0.15) is 0 Å². The lowest BCUT2D eigenvalue weighted by atomic mass is 10.0. The van der Waals surface area contributed by atoms with E-state index in [0.29, 0.717) is 6.42 Å². The zero-order valence-corrected chi connectivity index (χ0v) is 16.8. The standard InChI is InChI=1S/C23H30OS/c1-5-6-7-8-9-10-22(24)20-11-13-21(14-12-20)25-23-18(3)15-17(2)16-19(23)4/h11-16H,5-10H2,1-4H3. The van der Waals surface area contributed by atoms with Gasteiger partial charge >= 0.3 is 0 Å². The Bertz CT molecular complexity index is 678. The summed E-state index contributed by atoms with van der Waals surface area (Å²) in [6.45, 7) is 8.68. The fourth-order valence-corrected chi connectivity index (χ4v) is 4.14. The number of rotatable bonds is 9. The average molecular weight is 355 g/mol. The second-order valence-corrected chi connectivity index (χ2v) is 8.03. The summed E-state index contributed by atoms with van der Waals surface area (Å²) in [5.74, 6) is 0.274. The number of hydrogen-bond acceptors (Lipinski definition) is 2. The molecule has 25 heavy (non-hydrogen) atoms. The number of carbonyl (C=O) groups is 1. The molecule has 2 aromatic rings. The summed E-state index contributed by atoms with van der Waals surface area (Å²) in [6.07, 6.45) is 6.61. The Morgan fingerprint density at radius 2 is 1.48 bits per heavy atom. The number of benzene rings is 2. The maximum absolute atomic E-state index is 12.3. The third kappa shape index (κ3) is 6.04. The first-order chi connectivity index (χ1) is 12.0. The van der Waals surface area contributed by atoms with Gasteiger partial charge in [0.05, 0.1) is 0 Å². The molecule has 2 rings (SSSR count). The summed E-state index contributed by atoms with van der Waals surface area (Å²) < 4.78 is 0. The molecule has 0 aliphatic carbocycles. The zero-order valence-electron chi connectivity index (χ0n) is 16.0. The van der Waals surface area contributed by atoms with Crippen LogP contribution in [0.1, 0.15) is 72.5 Å². The van der Waals surface area contributed by atoms with E-state index >= 15 is 0 Å². The van der Waals surface area contributed by atoms with E-state index in [0.717, 1.165) is 12.0 Å². The molecule has 0 spiro atoms. The first-order valence-corrected chi connectivity index (χ1v) is 10.2. The third-order valence-corrected chi connectivity index (χ3v) is 5.86. The van der Waals surface area contributed by atoms with E-state index in [2.05, 4.69) is 52.0 Å². The van der Waals surface area contributed by atoms with Gasteiger partial charge in [0.25, 0.3) is 0 Å². The van der Waals surface area contributed by atoms with E-state index in [1.54, 1.807) is 11.8 Å². The molecule has 0 N–H and O–H groups in total. The third-order valence-electron chi connectivity index (χ3n) is 4.51. The summed E-state index contributed by atoms with van der Waals surface area (Å²) >= 11 is 1.79. The molecule has 0 heterocycles. The van der Waals surface area contributed by atoms with Crippen molar-refractivity contribution >= 4 is 17.5 Å². The van der Waals surface area contributed by atoms with Crippen molar-refractivity contribution in [2.45, 2.75) is 76.0 Å². The average Bonchev–Trinajstić information content (AvgIpc) is 2.58. The van der Waals surface area contributed by atoms with Gasteiger partial charge < -0.3 is 0 Å². The SMILES string of the molecule is CCCCCCCC(=O)c1ccc(Sc2c(C)cc(C)cc2C)cc1. The number of hydrogen-bond donors (Lipinski definition) is 0. The molecule has 0 saturated heterocycles. The molecule has 0 aliphatic rings. The maximum atomic E-state index is 12.3. The van der Waals surface area contributed by atoms with Crippen LogP contribution in [0.15, 0.2) is 46.2 Å². The van der Waals surface area contributed by atoms with Crippen LogP contribution in [0, 0.1) is 20.8 Å². The van der Waals surface area contributed by atoms with Crippen LogP contribution in [0.3, 0.4) is 0 Å². The Labute approximate surface area is 157 Å². The van der Waals surface area contributed by atoms with Crippen LogP contribution >= 0.6 is 11.8 Å². The Morgan fingerprint density at radius 1 is 0.880 bits per heavy atom. The van der Waals surface area contributed by atoms with Crippen LogP contribution in [0.25, 0.3) is 0 Å². The Hall–Kier alpha value is -1.54. The van der Waals surface area contributed by atoms with E-state index in [1.807, 2.05) is 12.1 Å². The second-order valence-electron chi connectivity index (χ2n) is 6.94. The molecule has 2 aromatic carbocycles. The first-order valence-electron chi connectivity index (χ1n) is 9.40. The normalized spacial score (nSPS) is 10.9. The van der Waals surface area contributed by atoms with Gasteiger partial charge in [0, 0.05) is 21.8 Å². The van der Waals surface area contributed by atoms with Crippen molar-refractivity contribution in [2.24, 2.45) is 0 Å². The first kappa shape index (κ1) is 19.8. The van der Waals surface area contributed by atoms with Gasteiger partial charge in [-0.15, -0.1) is 0 Å². The van der Waals surface area contributed by atoms with Crippen molar-refractivity contribution in [2.75, 3.05) is 0 Å². The molecule has 0 saturated carbocycles. The smallest absolute Gasteiger partial charge is 0.162 e. The van der Waals surface area contributed by atoms with Gasteiger partial charge in [-0.2, -0.15) is 0 Å². The van der Waals surface area contributed by atoms with Crippen molar-refractivity contribution in [3.63, 3.8) is 0 Å². The Kier molecular flexibility index (Phi) is 7.77. The number of aryl methyl sites for hydroxylation is 3. The van der Waals surface area contributed by atoms with Crippen molar-refractivity contribution < 1.29 is 4.79 Å². The molecular weight excluding hydrogens is 324 g/mol. The van der Waals surface area contributed by atoms with Crippen LogP contribution in [0.5, 0.6) is 0 Å². The molecule has 0 unspecified atom stereocenters. The van der Waals surface area contributed by atoms with Crippen LogP contribution in [0.4, 0.5) is 0 Å². The minimum atomic E-state index is 0.274. The molecular formula is C23H30OS. The van der Waals surface area contributed by atoms with Crippen LogP contribution in [-0.4, -0.2) is 5.78 Å². The summed E-state index contributed by atoms with van der Waals surface area (Å²) in [4.78, 5) is 14.8. The highest BCUT2D eigenvalue weighted by atomic mass is 32.2. The summed E-state index contributed by atoms with van der Waals surface area (Å²) in [7, 11) is 0. The van der Waals surface area contributed by atoms with Crippen LogP contribution < -0.4 is 0 Å². The summed E-state index contributed by atoms with van der Waals surface area (Å²) in [5, 5.41) is 0. The largest absolute Gasteiger partial charge is 0.294 e. The monoisotopic (exact) mass is 354 g/mol. The van der Waals surface area contributed by atoms with E-state index in [1.165, 1.54) is 52.2 Å². The predicted octanol–water partition coefficient (Wildman–Crippen LogP) is 7.31. The minimum absolute atomic E-state index is 0.274. The van der Waals surface area contributed by atoms with Crippen molar-refractivity contribution in [3.8, 4) is 0 Å². The van der Waals surface area contributed by atoms with Crippen molar-refractivity contribution in [1.82, 2.24) is 0 Å². The van der Waals surface area contributed by atoms with Crippen LogP contribution in [0.2, 0.25) is 0 Å². The molecule has 0 radical (unpaired) electrons. The van der Waals surface area contributed by atoms with Crippen LogP contribution in [-0.2, 0) is 0 Å². The molecule has 0 fully saturated rings. The van der Waals surface area contributed by atoms with Gasteiger partial charge in [-0.25, -0.2) is 0 Å². The van der Waals surface area contributed by atoms with Gasteiger partial charge in [-0.05, 0) is 50.5 Å². The van der Waals surface area contributed by atoms with Crippen molar-refractivity contribution in [1.29, 1.82) is 0 Å². The number of carbonyl (C=O) groups excluding carboxylic acids is 1. The zero-order chi connectivity index (χ0) is 18.2. The summed E-state index contributed by atoms with van der Waals surface area (Å²) in [6, 6.07) is 12.6. The lowest BCUT2D eigenvalue weighted by Crippen LogP contribution is -1.98. The van der Waals surface area contributed by atoms with Gasteiger partial charge in [-0.1, -0.05) is 74.2 Å². The fourth-order valence-electron chi connectivity index (χ4n) is 3.19. The van der Waals surface area contributed by atoms with E-state index < -0.39 is 0 Å². The lowest BCUT2D eigenvalue weighted by Gasteiger charge is -2.11. The van der Waals surface area contributed by atoms with Gasteiger partial charge in [-0.3, -0.25) is 4.79 Å². The highest BCUT2D eigenvalue weighted by molar-refractivity contribution is 7.99. The predicted molar refractivity (Wildman–Crippen MR) is 109 cm³/mol. The molecule has 1 nitrogen and oxygen atoms in total. The fraction of sp³-hybridized carbons (Fsp3) is 0.435. The number of Topliss-reactive ketones (excluding diaryl/α,β-unsaturated/α-hetero) is 1. The molecule has 0 bridgehead atoms. The van der Waals surface area contributed by atoms with Gasteiger partial charge in [0.2, 0.25) is 0 Å². The van der Waals surface area contributed by atoms with E-state index in [4.69, 9.17) is 0 Å². The highest BCUT2D eigenvalue weighted by Crippen LogP contribution is 2.33. The Balaban J connectivity index is 1.95. The highest BCUT2D eigenvalue weighted by Gasteiger charge is 2.08. The lowest BCUT2D eigenvalue weighted by molar-refractivity contribution is 0.0979. The molecule has 0 aromatic heterocycles. The van der Waals surface area contributed by atoms with Gasteiger partial charge in [0.15, 0.2) is 5.78 Å². The maximum Gasteiger partial charge on any atom is 0.162 e. The molecule has 2 heteroatoms. The summed E-state index contributed by atoms with van der Waals surface area (Å²) in [5.41, 5.74) is 4.78. The second kappa shape index (κ2) is 9.82. The van der Waals surface area contributed by atoms with E-state index in [9.17, 15) is 4.79 Å². The number of unbranched alkanes of at least 4 members (excludes halogenated alkanes) is 4. The molecule has 0 aliphatic heterocycles. The molecule has 0 atom stereocenters. The molecule has 0 amide bonds. The number of ketones is 1. The quantitative estimate of drug-likeness (QED) is 0.347. The molecule has 134 valence electrons. The topological polar surface area (TPSA) is 17.1 Å². The Morgan fingerprint density at radius 3 is 2.08 bits per heavy atom.